The van der Waals surface area contributed by atoms with Crippen LogP contribution in [-0.2, 0) is 0 Å². The maximum atomic E-state index is 12.9. The van der Waals surface area contributed by atoms with Gasteiger partial charge >= 0.3 is 0 Å². The first-order valence-corrected chi connectivity index (χ1v) is 7.41. The topological polar surface area (TPSA) is 66.0 Å². The average molecular weight is 292 g/mol. The van der Waals surface area contributed by atoms with Crippen LogP contribution in [0.15, 0.2) is 29.1 Å². The standard InChI is InChI=1S/C14H13FN2O2S/c15-9-5-3-8(4-6-9)11-13(18)16-12(17-14(11)19)10-2-1-7-20-10/h3-6,10H,1-2,7H2,(H2,16,17,18,19). The highest BCUT2D eigenvalue weighted by molar-refractivity contribution is 7.99. The number of aromatic nitrogens is 2. The molecule has 1 saturated heterocycles. The van der Waals surface area contributed by atoms with Crippen LogP contribution in [0.5, 0.6) is 5.88 Å². The molecule has 2 aromatic rings. The number of aromatic amines is 1. The van der Waals surface area contributed by atoms with Gasteiger partial charge < -0.3 is 10.1 Å². The molecule has 3 rings (SSSR count). The Labute approximate surface area is 119 Å². The first-order valence-electron chi connectivity index (χ1n) is 6.36. The lowest BCUT2D eigenvalue weighted by Gasteiger charge is -2.10. The molecule has 0 bridgehead atoms. The number of H-pyrrole nitrogens is 1. The van der Waals surface area contributed by atoms with E-state index in [1.54, 1.807) is 11.8 Å². The molecule has 1 atom stereocenters. The van der Waals surface area contributed by atoms with E-state index in [1.165, 1.54) is 24.3 Å². The zero-order chi connectivity index (χ0) is 14.1. The summed E-state index contributed by atoms with van der Waals surface area (Å²) in [5.41, 5.74) is 0.131. The van der Waals surface area contributed by atoms with E-state index in [2.05, 4.69) is 9.97 Å². The van der Waals surface area contributed by atoms with E-state index in [-0.39, 0.29) is 16.7 Å². The SMILES string of the molecule is O=c1[nH]c(C2CCCS2)nc(O)c1-c1ccc(F)cc1. The van der Waals surface area contributed by atoms with Crippen LogP contribution in [-0.4, -0.2) is 20.8 Å². The Morgan fingerprint density at radius 3 is 2.70 bits per heavy atom. The summed E-state index contributed by atoms with van der Waals surface area (Å²) in [5, 5.41) is 10.2. The van der Waals surface area contributed by atoms with Crippen LogP contribution in [0.4, 0.5) is 4.39 Å². The van der Waals surface area contributed by atoms with E-state index in [1.807, 2.05) is 0 Å². The molecule has 1 unspecified atom stereocenters. The summed E-state index contributed by atoms with van der Waals surface area (Å²) < 4.78 is 12.9. The van der Waals surface area contributed by atoms with Gasteiger partial charge in [0.25, 0.3) is 5.56 Å². The van der Waals surface area contributed by atoms with Gasteiger partial charge in [0.05, 0.1) is 5.25 Å². The summed E-state index contributed by atoms with van der Waals surface area (Å²) in [5.74, 6) is 0.856. The third-order valence-corrected chi connectivity index (χ3v) is 4.67. The zero-order valence-corrected chi connectivity index (χ0v) is 11.4. The van der Waals surface area contributed by atoms with Gasteiger partial charge in [-0.1, -0.05) is 12.1 Å². The van der Waals surface area contributed by atoms with Gasteiger partial charge in [0.15, 0.2) is 0 Å². The van der Waals surface area contributed by atoms with Crippen molar-refractivity contribution in [1.82, 2.24) is 9.97 Å². The molecule has 1 aromatic heterocycles. The van der Waals surface area contributed by atoms with E-state index >= 15 is 0 Å². The molecule has 2 heterocycles. The summed E-state index contributed by atoms with van der Waals surface area (Å²) >= 11 is 1.72. The van der Waals surface area contributed by atoms with Crippen LogP contribution >= 0.6 is 11.8 Å². The number of rotatable bonds is 2. The predicted octanol–water partition coefficient (Wildman–Crippen LogP) is 2.85. The molecule has 1 aliphatic rings. The predicted molar refractivity (Wildman–Crippen MR) is 76.3 cm³/mol. The lowest BCUT2D eigenvalue weighted by atomic mass is 10.1. The summed E-state index contributed by atoms with van der Waals surface area (Å²) in [6, 6.07) is 5.39. The number of benzene rings is 1. The normalized spacial score (nSPS) is 18.4. The van der Waals surface area contributed by atoms with Crippen LogP contribution in [0.3, 0.4) is 0 Å². The van der Waals surface area contributed by atoms with Crippen molar-refractivity contribution in [2.45, 2.75) is 18.1 Å². The zero-order valence-electron chi connectivity index (χ0n) is 10.6. The Hall–Kier alpha value is -1.82. The smallest absolute Gasteiger partial charge is 0.262 e. The summed E-state index contributed by atoms with van der Waals surface area (Å²) in [7, 11) is 0. The second-order valence-electron chi connectivity index (χ2n) is 4.66. The van der Waals surface area contributed by atoms with Gasteiger partial charge in [-0.05, 0) is 36.3 Å². The lowest BCUT2D eigenvalue weighted by molar-refractivity contribution is 0.449. The Balaban J connectivity index is 2.04. The van der Waals surface area contributed by atoms with E-state index in [9.17, 15) is 14.3 Å². The minimum atomic E-state index is -0.397. The first-order chi connectivity index (χ1) is 9.65. The number of halogens is 1. The Bertz CT molecular complexity index is 679. The fraction of sp³-hybridized carbons (Fsp3) is 0.286. The Morgan fingerprint density at radius 2 is 2.10 bits per heavy atom. The molecule has 0 radical (unpaired) electrons. The molecule has 0 spiro atoms. The van der Waals surface area contributed by atoms with Crippen molar-refractivity contribution in [2.75, 3.05) is 5.75 Å². The summed E-state index contributed by atoms with van der Waals surface area (Å²) in [6.07, 6.45) is 2.03. The summed E-state index contributed by atoms with van der Waals surface area (Å²) in [4.78, 5) is 19.0. The molecular formula is C14H13FN2O2S. The van der Waals surface area contributed by atoms with E-state index in [0.29, 0.717) is 11.4 Å². The van der Waals surface area contributed by atoms with Gasteiger partial charge in [-0.3, -0.25) is 4.79 Å². The first kappa shape index (κ1) is 13.2. The van der Waals surface area contributed by atoms with Crippen molar-refractivity contribution in [3.8, 4) is 17.0 Å². The van der Waals surface area contributed by atoms with Crippen LogP contribution < -0.4 is 5.56 Å². The third-order valence-electron chi connectivity index (χ3n) is 3.29. The highest BCUT2D eigenvalue weighted by Gasteiger charge is 2.22. The van der Waals surface area contributed by atoms with E-state index in [0.717, 1.165) is 18.6 Å². The van der Waals surface area contributed by atoms with Gasteiger partial charge in [-0.15, -0.1) is 0 Å². The molecule has 6 heteroatoms. The third kappa shape index (κ3) is 2.43. The van der Waals surface area contributed by atoms with Crippen molar-refractivity contribution in [3.05, 3.63) is 46.3 Å². The molecule has 1 aliphatic heterocycles. The largest absolute Gasteiger partial charge is 0.493 e. The maximum absolute atomic E-state index is 12.9. The molecule has 1 fully saturated rings. The van der Waals surface area contributed by atoms with E-state index in [4.69, 9.17) is 0 Å². The van der Waals surface area contributed by atoms with Crippen LogP contribution in [0, 0.1) is 5.82 Å². The van der Waals surface area contributed by atoms with Gasteiger partial charge in [-0.2, -0.15) is 16.7 Å². The molecule has 0 aliphatic carbocycles. The van der Waals surface area contributed by atoms with Crippen molar-refractivity contribution in [3.63, 3.8) is 0 Å². The fourth-order valence-corrected chi connectivity index (χ4v) is 3.52. The van der Waals surface area contributed by atoms with E-state index < -0.39 is 11.4 Å². The van der Waals surface area contributed by atoms with Gasteiger partial charge in [0.2, 0.25) is 5.88 Å². The highest BCUT2D eigenvalue weighted by atomic mass is 32.2. The molecule has 4 nitrogen and oxygen atoms in total. The maximum Gasteiger partial charge on any atom is 0.262 e. The number of thioether (sulfide) groups is 1. The molecule has 0 amide bonds. The Kier molecular flexibility index (Phi) is 3.48. The van der Waals surface area contributed by atoms with Gasteiger partial charge in [-0.25, -0.2) is 4.39 Å². The number of nitrogens with zero attached hydrogens (tertiary/aromatic N) is 1. The fourth-order valence-electron chi connectivity index (χ4n) is 2.30. The summed E-state index contributed by atoms with van der Waals surface area (Å²) in [6.45, 7) is 0. The Morgan fingerprint density at radius 1 is 1.35 bits per heavy atom. The van der Waals surface area contributed by atoms with Gasteiger partial charge in [0.1, 0.15) is 17.2 Å². The van der Waals surface area contributed by atoms with Crippen molar-refractivity contribution in [2.24, 2.45) is 0 Å². The number of nitrogens with one attached hydrogen (secondary N) is 1. The second kappa shape index (κ2) is 5.28. The molecular weight excluding hydrogens is 279 g/mol. The van der Waals surface area contributed by atoms with Crippen LogP contribution in [0.25, 0.3) is 11.1 Å². The van der Waals surface area contributed by atoms with Crippen molar-refractivity contribution < 1.29 is 9.50 Å². The average Bonchev–Trinajstić information content (AvgIpc) is 2.94. The number of hydrogen-bond acceptors (Lipinski definition) is 4. The molecule has 0 saturated carbocycles. The van der Waals surface area contributed by atoms with Crippen molar-refractivity contribution in [1.29, 1.82) is 0 Å². The lowest BCUT2D eigenvalue weighted by Crippen LogP contribution is -2.15. The quantitative estimate of drug-likeness (QED) is 0.893. The van der Waals surface area contributed by atoms with Crippen LogP contribution in [0.1, 0.15) is 23.9 Å². The number of hydrogen-bond donors (Lipinski definition) is 2. The van der Waals surface area contributed by atoms with Crippen molar-refractivity contribution >= 4 is 11.8 Å². The molecule has 1 aromatic carbocycles. The molecule has 104 valence electrons. The van der Waals surface area contributed by atoms with Gasteiger partial charge in [0, 0.05) is 0 Å². The van der Waals surface area contributed by atoms with Crippen LogP contribution in [0.2, 0.25) is 0 Å². The number of aromatic hydroxyl groups is 1. The minimum Gasteiger partial charge on any atom is -0.493 e. The molecule has 20 heavy (non-hydrogen) atoms. The highest BCUT2D eigenvalue weighted by Crippen LogP contribution is 2.38. The minimum absolute atomic E-state index is 0.0803. The monoisotopic (exact) mass is 292 g/mol. The second-order valence-corrected chi connectivity index (χ2v) is 5.97. The molecule has 2 N–H and O–H groups in total.